The molecule has 2 fully saturated rings. The molecule has 2 aliphatic rings. The number of halogens is 1. The lowest BCUT2D eigenvalue weighted by Gasteiger charge is -2.39. The molecular weight excluding hydrogens is 487 g/mol. The molecule has 0 amide bonds. The van der Waals surface area contributed by atoms with Gasteiger partial charge in [0.15, 0.2) is 5.78 Å². The van der Waals surface area contributed by atoms with E-state index in [-0.39, 0.29) is 35.7 Å². The standard InChI is InChI=1S/C22H24O4S.HI/c1-20(2)18-13-14-21(20,15-27(24,25)26)19(23)22(18,16-9-5-3-6-10-16)17-11-7-4-8-12-17;/h3-12,18H,13-15H2,1-2H3,(H,24,25,26);1H. The van der Waals surface area contributed by atoms with E-state index in [4.69, 9.17) is 0 Å². The number of Topliss-reactive ketones (excluding diaryl/α,β-unsaturated/α-hetero) is 1. The van der Waals surface area contributed by atoms with Crippen molar-refractivity contribution >= 4 is 39.9 Å². The third-order valence-electron chi connectivity index (χ3n) is 7.17. The van der Waals surface area contributed by atoms with Crippen LogP contribution in [0.2, 0.25) is 0 Å². The molecule has 2 saturated carbocycles. The van der Waals surface area contributed by atoms with Gasteiger partial charge in [-0.3, -0.25) is 9.35 Å². The SMILES string of the molecule is CC1(C)C2CCC1(CS(=O)(=O)O)C(=O)C2(c1ccccc1)c1ccccc1.I. The minimum absolute atomic E-state index is 0. The first-order valence-corrected chi connectivity index (χ1v) is 10.9. The predicted octanol–water partition coefficient (Wildman–Crippen LogP) is 4.48. The highest BCUT2D eigenvalue weighted by Crippen LogP contribution is 2.72. The number of ketones is 1. The summed E-state index contributed by atoms with van der Waals surface area (Å²) in [5.74, 6) is -0.626. The molecule has 2 aliphatic carbocycles. The van der Waals surface area contributed by atoms with Gasteiger partial charge in [0.2, 0.25) is 0 Å². The van der Waals surface area contributed by atoms with Gasteiger partial charge in [-0.2, -0.15) is 8.42 Å². The number of carbonyl (C=O) groups excluding carboxylic acids is 1. The Bertz CT molecular complexity index is 946. The zero-order valence-electron chi connectivity index (χ0n) is 16.0. The third-order valence-corrected chi connectivity index (χ3v) is 8.02. The highest BCUT2D eigenvalue weighted by Gasteiger charge is 2.76. The second-order valence-corrected chi connectivity index (χ2v) is 9.94. The van der Waals surface area contributed by atoms with E-state index in [0.29, 0.717) is 6.42 Å². The molecule has 0 heterocycles. The quantitative estimate of drug-likeness (QED) is 0.485. The van der Waals surface area contributed by atoms with Gasteiger partial charge in [-0.15, -0.1) is 24.0 Å². The monoisotopic (exact) mass is 512 g/mol. The Morgan fingerprint density at radius 1 is 0.964 bits per heavy atom. The van der Waals surface area contributed by atoms with Crippen molar-refractivity contribution in [2.75, 3.05) is 5.75 Å². The second kappa shape index (κ2) is 6.92. The fourth-order valence-corrected chi connectivity index (χ4v) is 7.25. The molecule has 2 atom stereocenters. The highest BCUT2D eigenvalue weighted by atomic mass is 127. The number of benzene rings is 2. The number of rotatable bonds is 4. The molecule has 0 spiro atoms. The first-order chi connectivity index (χ1) is 12.7. The maximum atomic E-state index is 14.1. The summed E-state index contributed by atoms with van der Waals surface area (Å²) >= 11 is 0. The van der Waals surface area contributed by atoms with Gasteiger partial charge in [-0.05, 0) is 35.3 Å². The van der Waals surface area contributed by atoms with Gasteiger partial charge in [0.25, 0.3) is 10.1 Å². The van der Waals surface area contributed by atoms with Gasteiger partial charge in [0.05, 0.1) is 16.6 Å². The lowest BCUT2D eigenvalue weighted by Crippen LogP contribution is -2.48. The maximum Gasteiger partial charge on any atom is 0.265 e. The van der Waals surface area contributed by atoms with E-state index in [1.807, 2.05) is 74.5 Å². The molecule has 0 aromatic heterocycles. The van der Waals surface area contributed by atoms with E-state index in [2.05, 4.69) is 0 Å². The average molecular weight is 512 g/mol. The predicted molar refractivity (Wildman–Crippen MR) is 119 cm³/mol. The van der Waals surface area contributed by atoms with Gasteiger partial charge in [0.1, 0.15) is 0 Å². The first-order valence-electron chi connectivity index (χ1n) is 9.27. The molecule has 0 radical (unpaired) electrons. The van der Waals surface area contributed by atoms with Crippen LogP contribution in [-0.4, -0.2) is 24.5 Å². The van der Waals surface area contributed by atoms with Crippen molar-refractivity contribution in [1.29, 1.82) is 0 Å². The Morgan fingerprint density at radius 2 is 1.43 bits per heavy atom. The van der Waals surface area contributed by atoms with Crippen LogP contribution in [0.4, 0.5) is 0 Å². The Morgan fingerprint density at radius 3 is 1.86 bits per heavy atom. The molecule has 0 aliphatic heterocycles. The van der Waals surface area contributed by atoms with Crippen molar-refractivity contribution in [3.63, 3.8) is 0 Å². The lowest BCUT2D eigenvalue weighted by atomic mass is 9.61. The lowest BCUT2D eigenvalue weighted by molar-refractivity contribution is -0.131. The molecule has 6 heteroatoms. The average Bonchev–Trinajstić information content (AvgIpc) is 2.95. The first kappa shape index (κ1) is 21.5. The molecule has 2 aromatic carbocycles. The minimum Gasteiger partial charge on any atom is -0.298 e. The van der Waals surface area contributed by atoms with Crippen molar-refractivity contribution in [3.8, 4) is 0 Å². The summed E-state index contributed by atoms with van der Waals surface area (Å²) in [6.07, 6.45) is 1.24. The maximum absolute atomic E-state index is 14.1. The molecular formula is C22H25IO4S. The van der Waals surface area contributed by atoms with Crippen LogP contribution in [0.5, 0.6) is 0 Å². The van der Waals surface area contributed by atoms with Gasteiger partial charge in [-0.1, -0.05) is 74.5 Å². The molecule has 2 aromatic rings. The largest absolute Gasteiger partial charge is 0.298 e. The molecule has 4 rings (SSSR count). The Balaban J connectivity index is 0.00000225. The third kappa shape index (κ3) is 2.71. The van der Waals surface area contributed by atoms with E-state index >= 15 is 0 Å². The highest BCUT2D eigenvalue weighted by molar-refractivity contribution is 14.0. The van der Waals surface area contributed by atoms with Crippen molar-refractivity contribution in [1.82, 2.24) is 0 Å². The molecule has 28 heavy (non-hydrogen) atoms. The van der Waals surface area contributed by atoms with E-state index < -0.39 is 32.1 Å². The normalized spacial score (nSPS) is 27.4. The van der Waals surface area contributed by atoms with Gasteiger partial charge in [0, 0.05) is 0 Å². The fourth-order valence-electron chi connectivity index (χ4n) is 5.98. The zero-order valence-corrected chi connectivity index (χ0v) is 19.1. The summed E-state index contributed by atoms with van der Waals surface area (Å²) < 4.78 is 33.5. The van der Waals surface area contributed by atoms with E-state index in [1.54, 1.807) is 0 Å². The van der Waals surface area contributed by atoms with Crippen LogP contribution >= 0.6 is 24.0 Å². The minimum atomic E-state index is -4.29. The van der Waals surface area contributed by atoms with E-state index in [1.165, 1.54) is 0 Å². The summed E-state index contributed by atoms with van der Waals surface area (Å²) in [7, 11) is -4.29. The summed E-state index contributed by atoms with van der Waals surface area (Å²) in [5.41, 5.74) is -0.732. The number of hydrogen-bond donors (Lipinski definition) is 1. The molecule has 2 bridgehead atoms. The summed E-state index contributed by atoms with van der Waals surface area (Å²) in [5, 5.41) is 0. The van der Waals surface area contributed by atoms with Crippen LogP contribution in [0.25, 0.3) is 0 Å². The number of fused-ring (bicyclic) bond motifs is 2. The van der Waals surface area contributed by atoms with Crippen LogP contribution in [0.15, 0.2) is 60.7 Å². The molecule has 2 unspecified atom stereocenters. The second-order valence-electron chi connectivity index (χ2n) is 8.49. The van der Waals surface area contributed by atoms with Crippen LogP contribution < -0.4 is 0 Å². The fraction of sp³-hybridized carbons (Fsp3) is 0.409. The van der Waals surface area contributed by atoms with E-state index in [9.17, 15) is 17.8 Å². The van der Waals surface area contributed by atoms with Crippen LogP contribution in [0, 0.1) is 16.7 Å². The summed E-state index contributed by atoms with van der Waals surface area (Å²) in [6.45, 7) is 3.97. The Hall–Kier alpha value is -1.25. The zero-order chi connectivity index (χ0) is 19.5. The van der Waals surface area contributed by atoms with E-state index in [0.717, 1.165) is 17.5 Å². The van der Waals surface area contributed by atoms with Crippen LogP contribution in [-0.2, 0) is 20.3 Å². The van der Waals surface area contributed by atoms with Crippen molar-refractivity contribution < 1.29 is 17.8 Å². The van der Waals surface area contributed by atoms with Gasteiger partial charge < -0.3 is 0 Å². The summed E-state index contributed by atoms with van der Waals surface area (Å²) in [4.78, 5) is 14.1. The summed E-state index contributed by atoms with van der Waals surface area (Å²) in [6, 6.07) is 19.3. The molecule has 1 N–H and O–H groups in total. The smallest absolute Gasteiger partial charge is 0.265 e. The Labute approximate surface area is 183 Å². The van der Waals surface area contributed by atoms with Gasteiger partial charge >= 0.3 is 0 Å². The molecule has 0 saturated heterocycles. The van der Waals surface area contributed by atoms with Crippen LogP contribution in [0.3, 0.4) is 0 Å². The van der Waals surface area contributed by atoms with Crippen LogP contribution in [0.1, 0.15) is 37.8 Å². The van der Waals surface area contributed by atoms with Crippen molar-refractivity contribution in [2.45, 2.75) is 32.1 Å². The number of hydrogen-bond acceptors (Lipinski definition) is 3. The van der Waals surface area contributed by atoms with Crippen molar-refractivity contribution in [3.05, 3.63) is 71.8 Å². The Kier molecular flexibility index (Phi) is 5.30. The van der Waals surface area contributed by atoms with Crippen molar-refractivity contribution in [2.24, 2.45) is 16.7 Å². The molecule has 150 valence electrons. The topological polar surface area (TPSA) is 71.4 Å². The number of carbonyl (C=O) groups is 1. The van der Waals surface area contributed by atoms with Gasteiger partial charge in [-0.25, -0.2) is 0 Å². The molecule has 4 nitrogen and oxygen atoms in total.